The van der Waals surface area contributed by atoms with E-state index in [-0.39, 0.29) is 5.69 Å². The number of nitrogens with zero attached hydrogens (tertiary/aromatic N) is 4. The first-order valence-corrected chi connectivity index (χ1v) is 5.05. The first-order valence-electron chi connectivity index (χ1n) is 5.05. The van der Waals surface area contributed by atoms with Crippen molar-refractivity contribution in [2.75, 3.05) is 6.54 Å². The van der Waals surface area contributed by atoms with Crippen LogP contribution in [0.2, 0.25) is 0 Å². The Balaban J connectivity index is 2.42. The normalized spacial score (nSPS) is 10.4. The van der Waals surface area contributed by atoms with E-state index in [2.05, 4.69) is 9.97 Å². The lowest BCUT2D eigenvalue weighted by atomic mass is 10.3. The quantitative estimate of drug-likeness (QED) is 0.618. The van der Waals surface area contributed by atoms with Crippen LogP contribution in [0.4, 0.5) is 5.69 Å². The summed E-state index contributed by atoms with van der Waals surface area (Å²) >= 11 is 0. The maximum atomic E-state index is 10.7. The molecule has 7 heteroatoms. The Kier molecular flexibility index (Phi) is 3.10. The van der Waals surface area contributed by atoms with Crippen molar-refractivity contribution >= 4 is 5.69 Å². The molecular weight excluding hydrogens is 222 g/mol. The van der Waals surface area contributed by atoms with Crippen LogP contribution in [0, 0.1) is 10.1 Å². The monoisotopic (exact) mass is 233 g/mol. The standard InChI is InChI=1S/C10H11N5O2/c11-3-1-9-13-5-6-14(9)10-7-8(15(16)17)2-4-12-10/h2,4-7H,1,3,11H2. The molecule has 0 aromatic carbocycles. The fourth-order valence-corrected chi connectivity index (χ4v) is 1.51. The summed E-state index contributed by atoms with van der Waals surface area (Å²) in [4.78, 5) is 18.4. The summed E-state index contributed by atoms with van der Waals surface area (Å²) < 4.78 is 1.69. The van der Waals surface area contributed by atoms with Crippen LogP contribution >= 0.6 is 0 Å². The van der Waals surface area contributed by atoms with Crippen molar-refractivity contribution in [3.8, 4) is 5.82 Å². The van der Waals surface area contributed by atoms with Crippen molar-refractivity contribution in [1.29, 1.82) is 0 Å². The third-order valence-electron chi connectivity index (χ3n) is 2.27. The maximum Gasteiger partial charge on any atom is 0.274 e. The van der Waals surface area contributed by atoms with E-state index >= 15 is 0 Å². The first-order chi connectivity index (χ1) is 8.22. The highest BCUT2D eigenvalue weighted by molar-refractivity contribution is 5.37. The van der Waals surface area contributed by atoms with Crippen molar-refractivity contribution in [3.05, 3.63) is 46.7 Å². The lowest BCUT2D eigenvalue weighted by Gasteiger charge is -2.05. The molecule has 0 atom stereocenters. The van der Waals surface area contributed by atoms with E-state index in [4.69, 9.17) is 5.73 Å². The number of hydrogen-bond donors (Lipinski definition) is 1. The number of imidazole rings is 1. The smallest absolute Gasteiger partial charge is 0.274 e. The first kappa shape index (κ1) is 11.2. The number of rotatable bonds is 4. The Morgan fingerprint density at radius 3 is 2.94 bits per heavy atom. The minimum Gasteiger partial charge on any atom is -0.330 e. The zero-order chi connectivity index (χ0) is 12.3. The Bertz CT molecular complexity index is 537. The van der Waals surface area contributed by atoms with Crippen LogP contribution in [-0.2, 0) is 6.42 Å². The van der Waals surface area contributed by atoms with Gasteiger partial charge in [0.05, 0.1) is 11.0 Å². The molecule has 0 saturated heterocycles. The molecule has 0 radical (unpaired) electrons. The molecule has 88 valence electrons. The van der Waals surface area contributed by atoms with Gasteiger partial charge in [0.2, 0.25) is 0 Å². The summed E-state index contributed by atoms with van der Waals surface area (Å²) in [5.41, 5.74) is 5.47. The van der Waals surface area contributed by atoms with Gasteiger partial charge in [0.25, 0.3) is 5.69 Å². The van der Waals surface area contributed by atoms with E-state index in [0.717, 1.165) is 5.82 Å². The summed E-state index contributed by atoms with van der Waals surface area (Å²) in [6.45, 7) is 0.464. The molecule has 0 bridgehead atoms. The Labute approximate surface area is 97.1 Å². The van der Waals surface area contributed by atoms with Crippen molar-refractivity contribution in [2.45, 2.75) is 6.42 Å². The molecule has 0 spiro atoms. The molecule has 2 aromatic rings. The second-order valence-electron chi connectivity index (χ2n) is 3.38. The zero-order valence-corrected chi connectivity index (χ0v) is 8.98. The van der Waals surface area contributed by atoms with Crippen LogP contribution < -0.4 is 5.73 Å². The predicted molar refractivity (Wildman–Crippen MR) is 60.8 cm³/mol. The Morgan fingerprint density at radius 2 is 2.24 bits per heavy atom. The van der Waals surface area contributed by atoms with Gasteiger partial charge in [0, 0.05) is 31.1 Å². The van der Waals surface area contributed by atoms with E-state index in [0.29, 0.717) is 18.8 Å². The molecule has 17 heavy (non-hydrogen) atoms. The molecular formula is C10H11N5O2. The Hall–Kier alpha value is -2.28. The van der Waals surface area contributed by atoms with Gasteiger partial charge in [-0.05, 0) is 6.54 Å². The summed E-state index contributed by atoms with van der Waals surface area (Å²) in [5.74, 6) is 1.21. The van der Waals surface area contributed by atoms with Gasteiger partial charge in [-0.3, -0.25) is 14.7 Å². The van der Waals surface area contributed by atoms with Crippen molar-refractivity contribution in [1.82, 2.24) is 14.5 Å². The molecule has 0 aliphatic heterocycles. The van der Waals surface area contributed by atoms with Crippen LogP contribution in [0.15, 0.2) is 30.7 Å². The molecule has 0 unspecified atom stereocenters. The highest BCUT2D eigenvalue weighted by Gasteiger charge is 2.10. The average molecular weight is 233 g/mol. The number of hydrogen-bond acceptors (Lipinski definition) is 5. The molecule has 7 nitrogen and oxygen atoms in total. The fourth-order valence-electron chi connectivity index (χ4n) is 1.51. The summed E-state index contributed by atoms with van der Waals surface area (Å²) in [6, 6.07) is 2.75. The topological polar surface area (TPSA) is 99.9 Å². The molecule has 2 heterocycles. The van der Waals surface area contributed by atoms with Crippen LogP contribution in [0.1, 0.15) is 5.82 Å². The number of aromatic nitrogens is 3. The summed E-state index contributed by atoms with van der Waals surface area (Å²) in [6.07, 6.45) is 5.32. The molecule has 0 saturated carbocycles. The molecule has 0 aliphatic rings. The van der Waals surface area contributed by atoms with E-state index in [1.807, 2.05) is 0 Å². The second kappa shape index (κ2) is 4.71. The van der Waals surface area contributed by atoms with E-state index in [1.54, 1.807) is 17.0 Å². The van der Waals surface area contributed by atoms with Crippen LogP contribution in [0.5, 0.6) is 0 Å². The minimum atomic E-state index is -0.454. The second-order valence-corrected chi connectivity index (χ2v) is 3.38. The minimum absolute atomic E-state index is 0.00222. The number of pyridine rings is 1. The van der Waals surface area contributed by atoms with E-state index < -0.39 is 4.92 Å². The lowest BCUT2D eigenvalue weighted by molar-refractivity contribution is -0.384. The van der Waals surface area contributed by atoms with E-state index in [1.165, 1.54) is 18.3 Å². The third-order valence-corrected chi connectivity index (χ3v) is 2.27. The SMILES string of the molecule is NCCc1nccn1-c1cc([N+](=O)[O-])ccn1. The Morgan fingerprint density at radius 1 is 1.41 bits per heavy atom. The average Bonchev–Trinajstić information content (AvgIpc) is 2.78. The molecule has 2 rings (SSSR count). The van der Waals surface area contributed by atoms with Gasteiger partial charge in [-0.2, -0.15) is 0 Å². The van der Waals surface area contributed by atoms with Gasteiger partial charge < -0.3 is 5.73 Å². The molecule has 0 aliphatic carbocycles. The molecule has 0 fully saturated rings. The maximum absolute atomic E-state index is 10.7. The summed E-state index contributed by atoms with van der Waals surface area (Å²) in [5, 5.41) is 10.7. The van der Waals surface area contributed by atoms with Crippen molar-refractivity contribution in [2.24, 2.45) is 5.73 Å². The molecule has 2 N–H and O–H groups in total. The predicted octanol–water partition coefficient (Wildman–Crippen LogP) is 0.677. The fraction of sp³-hybridized carbons (Fsp3) is 0.200. The van der Waals surface area contributed by atoms with Gasteiger partial charge in [-0.1, -0.05) is 0 Å². The zero-order valence-electron chi connectivity index (χ0n) is 8.98. The third kappa shape index (κ3) is 2.28. The van der Waals surface area contributed by atoms with Gasteiger partial charge in [0.15, 0.2) is 0 Å². The van der Waals surface area contributed by atoms with Crippen LogP contribution in [-0.4, -0.2) is 26.0 Å². The van der Waals surface area contributed by atoms with Gasteiger partial charge in [0.1, 0.15) is 11.6 Å². The summed E-state index contributed by atoms with van der Waals surface area (Å²) in [7, 11) is 0. The van der Waals surface area contributed by atoms with Gasteiger partial charge in [-0.25, -0.2) is 9.97 Å². The molecule has 0 amide bonds. The lowest BCUT2D eigenvalue weighted by Crippen LogP contribution is -2.09. The number of nitro groups is 1. The number of nitrogens with two attached hydrogens (primary N) is 1. The highest BCUT2D eigenvalue weighted by atomic mass is 16.6. The van der Waals surface area contributed by atoms with Crippen molar-refractivity contribution in [3.63, 3.8) is 0 Å². The van der Waals surface area contributed by atoms with Gasteiger partial charge >= 0.3 is 0 Å². The van der Waals surface area contributed by atoms with Crippen LogP contribution in [0.25, 0.3) is 5.82 Å². The van der Waals surface area contributed by atoms with Crippen molar-refractivity contribution < 1.29 is 4.92 Å². The molecule has 2 aromatic heterocycles. The largest absolute Gasteiger partial charge is 0.330 e. The van der Waals surface area contributed by atoms with Gasteiger partial charge in [-0.15, -0.1) is 0 Å². The van der Waals surface area contributed by atoms with E-state index in [9.17, 15) is 10.1 Å². The van der Waals surface area contributed by atoms with Crippen LogP contribution in [0.3, 0.4) is 0 Å². The highest BCUT2D eigenvalue weighted by Crippen LogP contribution is 2.15.